The Kier molecular flexibility index (Phi) is 3.71. The lowest BCUT2D eigenvalue weighted by Gasteiger charge is -2.05. The van der Waals surface area contributed by atoms with E-state index in [4.69, 9.17) is 0 Å². The Bertz CT molecular complexity index is 760. The Morgan fingerprint density at radius 1 is 1.05 bits per heavy atom. The summed E-state index contributed by atoms with van der Waals surface area (Å²) in [5.74, 6) is -0.246. The molecule has 0 aliphatic rings. The number of nitrogens with one attached hydrogen (secondary N) is 1. The van der Waals surface area contributed by atoms with Crippen molar-refractivity contribution in [3.05, 3.63) is 64.8 Å². The SMILES string of the molecule is Cc1cc(C)cc(Nc2nc(-c3cccc(F)c3)cs2)c1. The van der Waals surface area contributed by atoms with Crippen molar-refractivity contribution in [1.29, 1.82) is 0 Å². The van der Waals surface area contributed by atoms with Crippen LogP contribution in [0.4, 0.5) is 15.2 Å². The fraction of sp³-hybridized carbons (Fsp3) is 0.118. The van der Waals surface area contributed by atoms with Crippen LogP contribution < -0.4 is 5.32 Å². The minimum atomic E-state index is -0.246. The fourth-order valence-electron chi connectivity index (χ4n) is 2.28. The fourth-order valence-corrected chi connectivity index (χ4v) is 3.02. The van der Waals surface area contributed by atoms with Gasteiger partial charge in [-0.15, -0.1) is 11.3 Å². The summed E-state index contributed by atoms with van der Waals surface area (Å²) < 4.78 is 13.3. The number of aromatic nitrogens is 1. The lowest BCUT2D eigenvalue weighted by molar-refractivity contribution is 0.628. The van der Waals surface area contributed by atoms with Crippen molar-refractivity contribution < 1.29 is 4.39 Å². The summed E-state index contributed by atoms with van der Waals surface area (Å²) in [5.41, 5.74) is 5.01. The molecule has 0 atom stereocenters. The van der Waals surface area contributed by atoms with Gasteiger partial charge in [-0.3, -0.25) is 0 Å². The highest BCUT2D eigenvalue weighted by Crippen LogP contribution is 2.28. The molecule has 0 amide bonds. The second-order valence-corrected chi connectivity index (χ2v) is 5.91. The first kappa shape index (κ1) is 13.8. The average Bonchev–Trinajstić information content (AvgIpc) is 2.86. The molecule has 1 N–H and O–H groups in total. The number of hydrogen-bond donors (Lipinski definition) is 1. The topological polar surface area (TPSA) is 24.9 Å². The quantitative estimate of drug-likeness (QED) is 0.709. The second-order valence-electron chi connectivity index (χ2n) is 5.05. The molecule has 21 heavy (non-hydrogen) atoms. The molecule has 0 unspecified atom stereocenters. The maximum Gasteiger partial charge on any atom is 0.187 e. The molecule has 3 aromatic rings. The molecular weight excluding hydrogens is 283 g/mol. The van der Waals surface area contributed by atoms with Gasteiger partial charge in [-0.2, -0.15) is 0 Å². The standard InChI is InChI=1S/C17H15FN2S/c1-11-6-12(2)8-15(7-11)19-17-20-16(10-21-17)13-4-3-5-14(18)9-13/h3-10H,1-2H3,(H,19,20). The normalized spacial score (nSPS) is 10.6. The molecule has 3 rings (SSSR count). The van der Waals surface area contributed by atoms with E-state index in [1.54, 1.807) is 6.07 Å². The zero-order valence-corrected chi connectivity index (χ0v) is 12.7. The van der Waals surface area contributed by atoms with E-state index in [9.17, 15) is 4.39 Å². The van der Waals surface area contributed by atoms with E-state index >= 15 is 0 Å². The molecule has 0 aliphatic heterocycles. The van der Waals surface area contributed by atoms with Gasteiger partial charge >= 0.3 is 0 Å². The van der Waals surface area contributed by atoms with Gasteiger partial charge in [0.25, 0.3) is 0 Å². The average molecular weight is 298 g/mol. The largest absolute Gasteiger partial charge is 0.332 e. The Hall–Kier alpha value is -2.20. The second kappa shape index (κ2) is 5.66. The summed E-state index contributed by atoms with van der Waals surface area (Å²) in [5, 5.41) is 6.04. The van der Waals surface area contributed by atoms with Crippen molar-refractivity contribution in [3.63, 3.8) is 0 Å². The molecule has 0 aliphatic carbocycles. The number of halogens is 1. The summed E-state index contributed by atoms with van der Waals surface area (Å²) in [6.07, 6.45) is 0. The molecule has 106 valence electrons. The van der Waals surface area contributed by atoms with Crippen molar-refractivity contribution in [1.82, 2.24) is 4.98 Å². The molecule has 0 saturated heterocycles. The van der Waals surface area contributed by atoms with Crippen molar-refractivity contribution in [2.45, 2.75) is 13.8 Å². The first-order valence-electron chi connectivity index (χ1n) is 6.67. The highest BCUT2D eigenvalue weighted by atomic mass is 32.1. The van der Waals surface area contributed by atoms with Crippen molar-refractivity contribution >= 4 is 22.2 Å². The molecule has 1 heterocycles. The minimum absolute atomic E-state index is 0.246. The van der Waals surface area contributed by atoms with E-state index < -0.39 is 0 Å². The molecule has 0 radical (unpaired) electrons. The zero-order chi connectivity index (χ0) is 14.8. The van der Waals surface area contributed by atoms with Crippen LogP contribution in [0.15, 0.2) is 47.8 Å². The summed E-state index contributed by atoms with van der Waals surface area (Å²) in [6, 6.07) is 12.8. The van der Waals surface area contributed by atoms with Gasteiger partial charge in [0.1, 0.15) is 5.82 Å². The molecular formula is C17H15FN2S. The third-order valence-corrected chi connectivity index (χ3v) is 3.86. The molecule has 0 bridgehead atoms. The van der Waals surface area contributed by atoms with E-state index in [1.165, 1.54) is 34.6 Å². The third kappa shape index (κ3) is 3.28. The molecule has 0 saturated carbocycles. The van der Waals surface area contributed by atoms with Gasteiger partial charge in [0.15, 0.2) is 5.13 Å². The van der Waals surface area contributed by atoms with Gasteiger partial charge < -0.3 is 5.32 Å². The zero-order valence-electron chi connectivity index (χ0n) is 11.9. The van der Waals surface area contributed by atoms with Crippen molar-refractivity contribution in [3.8, 4) is 11.3 Å². The van der Waals surface area contributed by atoms with Gasteiger partial charge in [0.05, 0.1) is 5.69 Å². The maximum absolute atomic E-state index is 13.3. The predicted octanol–water partition coefficient (Wildman–Crippen LogP) is 5.31. The van der Waals surface area contributed by atoms with Crippen LogP contribution >= 0.6 is 11.3 Å². The van der Waals surface area contributed by atoms with E-state index in [1.807, 2.05) is 11.4 Å². The Balaban J connectivity index is 1.85. The van der Waals surface area contributed by atoms with Crippen molar-refractivity contribution in [2.24, 2.45) is 0 Å². The number of hydrogen-bond acceptors (Lipinski definition) is 3. The first-order chi connectivity index (χ1) is 10.1. The van der Waals surface area contributed by atoms with Gasteiger partial charge in [-0.1, -0.05) is 18.2 Å². The van der Waals surface area contributed by atoms with Crippen LogP contribution in [0, 0.1) is 19.7 Å². The molecule has 0 spiro atoms. The van der Waals surface area contributed by atoms with Crippen LogP contribution in [-0.2, 0) is 0 Å². The van der Waals surface area contributed by atoms with Crippen molar-refractivity contribution in [2.75, 3.05) is 5.32 Å². The van der Waals surface area contributed by atoms with Gasteiger partial charge in [0.2, 0.25) is 0 Å². The van der Waals surface area contributed by atoms with E-state index in [2.05, 4.69) is 42.3 Å². The van der Waals surface area contributed by atoms with Gasteiger partial charge in [-0.25, -0.2) is 9.37 Å². The Labute approximate surface area is 127 Å². The Morgan fingerprint density at radius 3 is 2.52 bits per heavy atom. The summed E-state index contributed by atoms with van der Waals surface area (Å²) in [6.45, 7) is 4.14. The van der Waals surface area contributed by atoms with Crippen LogP contribution in [0.2, 0.25) is 0 Å². The van der Waals surface area contributed by atoms with E-state index in [0.29, 0.717) is 0 Å². The highest BCUT2D eigenvalue weighted by Gasteiger charge is 2.06. The molecule has 2 nitrogen and oxygen atoms in total. The smallest absolute Gasteiger partial charge is 0.187 e. The maximum atomic E-state index is 13.3. The molecule has 0 fully saturated rings. The first-order valence-corrected chi connectivity index (χ1v) is 7.55. The molecule has 4 heteroatoms. The van der Waals surface area contributed by atoms with Crippen LogP contribution in [-0.4, -0.2) is 4.98 Å². The number of nitrogens with zero attached hydrogens (tertiary/aromatic N) is 1. The lowest BCUT2D eigenvalue weighted by atomic mass is 10.1. The molecule has 1 aromatic heterocycles. The molecule has 2 aromatic carbocycles. The minimum Gasteiger partial charge on any atom is -0.332 e. The summed E-state index contributed by atoms with van der Waals surface area (Å²) >= 11 is 1.51. The summed E-state index contributed by atoms with van der Waals surface area (Å²) in [4.78, 5) is 4.52. The Morgan fingerprint density at radius 2 is 1.81 bits per heavy atom. The van der Waals surface area contributed by atoms with Gasteiger partial charge in [0, 0.05) is 16.6 Å². The highest BCUT2D eigenvalue weighted by molar-refractivity contribution is 7.14. The third-order valence-electron chi connectivity index (χ3n) is 3.10. The lowest BCUT2D eigenvalue weighted by Crippen LogP contribution is -1.91. The number of thiazole rings is 1. The monoisotopic (exact) mass is 298 g/mol. The number of benzene rings is 2. The van der Waals surface area contributed by atoms with Crippen LogP contribution in [0.25, 0.3) is 11.3 Å². The van der Waals surface area contributed by atoms with Crippen LogP contribution in [0.3, 0.4) is 0 Å². The summed E-state index contributed by atoms with van der Waals surface area (Å²) in [7, 11) is 0. The van der Waals surface area contributed by atoms with E-state index in [0.717, 1.165) is 22.1 Å². The van der Waals surface area contributed by atoms with E-state index in [-0.39, 0.29) is 5.82 Å². The number of aryl methyl sites for hydroxylation is 2. The van der Waals surface area contributed by atoms with Crippen LogP contribution in [0.5, 0.6) is 0 Å². The number of rotatable bonds is 3. The van der Waals surface area contributed by atoms with Gasteiger partial charge in [-0.05, 0) is 49.2 Å². The number of anilines is 2. The predicted molar refractivity (Wildman–Crippen MR) is 86.7 cm³/mol. The van der Waals surface area contributed by atoms with Crippen LogP contribution in [0.1, 0.15) is 11.1 Å².